The minimum Gasteiger partial charge on any atom is -0.396 e. The Bertz CT molecular complexity index is 241. The molecule has 1 rings (SSSR count). The van der Waals surface area contributed by atoms with Gasteiger partial charge in [-0.2, -0.15) is 0 Å². The summed E-state index contributed by atoms with van der Waals surface area (Å²) in [6.45, 7) is 3.40. The summed E-state index contributed by atoms with van der Waals surface area (Å²) in [6, 6.07) is 0.0236. The van der Waals surface area contributed by atoms with Crippen LogP contribution in [0.25, 0.3) is 0 Å². The van der Waals surface area contributed by atoms with Crippen LogP contribution >= 0.6 is 0 Å². The third kappa shape index (κ3) is 3.32. The molecule has 4 nitrogen and oxygen atoms in total. The van der Waals surface area contributed by atoms with Crippen LogP contribution in [0.15, 0.2) is 12.2 Å². The Morgan fingerprint density at radius 1 is 1.60 bits per heavy atom. The molecule has 0 aliphatic heterocycles. The summed E-state index contributed by atoms with van der Waals surface area (Å²) in [6.07, 6.45) is 5.15. The molecule has 0 spiro atoms. The van der Waals surface area contributed by atoms with Crippen molar-refractivity contribution < 1.29 is 9.90 Å². The maximum Gasteiger partial charge on any atom is 0.229 e. The predicted octanol–water partition coefficient (Wildman–Crippen LogP) is 0.121. The molecular weight excluding hydrogens is 192 g/mol. The van der Waals surface area contributed by atoms with Crippen LogP contribution in [0, 0.1) is 5.92 Å². The quantitative estimate of drug-likeness (QED) is 0.636. The van der Waals surface area contributed by atoms with Crippen LogP contribution in [0.3, 0.4) is 0 Å². The van der Waals surface area contributed by atoms with Gasteiger partial charge in [0.15, 0.2) is 0 Å². The standard InChI is InChI=1S/C11H20N2O2/c1-2-13(6-3-7-14)11(15)9-4-5-10(12)8-9/h4-5,9-10,14H,2-3,6-8,12H2,1H3. The molecule has 0 saturated heterocycles. The van der Waals surface area contributed by atoms with E-state index in [-0.39, 0.29) is 24.5 Å². The zero-order chi connectivity index (χ0) is 11.3. The van der Waals surface area contributed by atoms with Crippen LogP contribution in [0.4, 0.5) is 0 Å². The molecular formula is C11H20N2O2. The molecule has 0 bridgehead atoms. The Kier molecular flexibility index (Phi) is 4.78. The third-order valence-electron chi connectivity index (χ3n) is 2.71. The summed E-state index contributed by atoms with van der Waals surface area (Å²) in [5.41, 5.74) is 5.71. The van der Waals surface area contributed by atoms with E-state index >= 15 is 0 Å². The summed E-state index contributed by atoms with van der Waals surface area (Å²) in [4.78, 5) is 13.7. The van der Waals surface area contributed by atoms with Gasteiger partial charge in [0.2, 0.25) is 5.91 Å². The summed E-state index contributed by atoms with van der Waals surface area (Å²) in [7, 11) is 0. The van der Waals surface area contributed by atoms with E-state index in [2.05, 4.69) is 0 Å². The van der Waals surface area contributed by atoms with Gasteiger partial charge in [-0.3, -0.25) is 4.79 Å². The summed E-state index contributed by atoms with van der Waals surface area (Å²) >= 11 is 0. The molecule has 0 fully saturated rings. The van der Waals surface area contributed by atoms with Gasteiger partial charge in [-0.25, -0.2) is 0 Å². The number of hydrogen-bond acceptors (Lipinski definition) is 3. The van der Waals surface area contributed by atoms with Gasteiger partial charge in [0, 0.05) is 25.7 Å². The Balaban J connectivity index is 2.46. The first kappa shape index (κ1) is 12.2. The molecule has 1 amide bonds. The molecule has 0 saturated carbocycles. The molecule has 3 N–H and O–H groups in total. The van der Waals surface area contributed by atoms with E-state index in [1.165, 1.54) is 0 Å². The number of nitrogens with zero attached hydrogens (tertiary/aromatic N) is 1. The molecule has 1 aliphatic rings. The minimum absolute atomic E-state index is 0.0236. The van der Waals surface area contributed by atoms with Gasteiger partial charge >= 0.3 is 0 Å². The van der Waals surface area contributed by atoms with Crippen molar-refractivity contribution in [3.63, 3.8) is 0 Å². The summed E-state index contributed by atoms with van der Waals surface area (Å²) < 4.78 is 0. The first-order chi connectivity index (χ1) is 7.19. The molecule has 15 heavy (non-hydrogen) atoms. The predicted molar refractivity (Wildman–Crippen MR) is 59.2 cm³/mol. The Labute approximate surface area is 90.7 Å². The number of carbonyl (C=O) groups is 1. The maximum absolute atomic E-state index is 12.0. The smallest absolute Gasteiger partial charge is 0.229 e. The zero-order valence-corrected chi connectivity index (χ0v) is 9.22. The number of aliphatic hydroxyl groups is 1. The topological polar surface area (TPSA) is 66.6 Å². The lowest BCUT2D eigenvalue weighted by atomic mass is 10.1. The zero-order valence-electron chi connectivity index (χ0n) is 9.22. The normalized spacial score (nSPS) is 24.5. The highest BCUT2D eigenvalue weighted by atomic mass is 16.3. The van der Waals surface area contributed by atoms with Crippen LogP contribution in [0.5, 0.6) is 0 Å². The highest BCUT2D eigenvalue weighted by molar-refractivity contribution is 5.81. The van der Waals surface area contributed by atoms with Gasteiger partial charge in [0.25, 0.3) is 0 Å². The SMILES string of the molecule is CCN(CCCO)C(=O)C1C=CC(N)C1. The molecule has 2 atom stereocenters. The van der Waals surface area contributed by atoms with Crippen molar-refractivity contribution in [1.29, 1.82) is 0 Å². The second kappa shape index (κ2) is 5.88. The number of rotatable bonds is 5. The van der Waals surface area contributed by atoms with Crippen LogP contribution in [-0.2, 0) is 4.79 Å². The van der Waals surface area contributed by atoms with Crippen LogP contribution in [0.1, 0.15) is 19.8 Å². The number of hydrogen-bond donors (Lipinski definition) is 2. The molecule has 0 heterocycles. The lowest BCUT2D eigenvalue weighted by Gasteiger charge is -2.23. The monoisotopic (exact) mass is 212 g/mol. The van der Waals surface area contributed by atoms with E-state index in [1.54, 1.807) is 4.90 Å². The Hall–Kier alpha value is -0.870. The molecule has 86 valence electrons. The van der Waals surface area contributed by atoms with E-state index in [9.17, 15) is 4.79 Å². The lowest BCUT2D eigenvalue weighted by Crippen LogP contribution is -2.36. The Morgan fingerprint density at radius 2 is 2.33 bits per heavy atom. The van der Waals surface area contributed by atoms with Crippen molar-refractivity contribution in [3.8, 4) is 0 Å². The third-order valence-corrected chi connectivity index (χ3v) is 2.71. The highest BCUT2D eigenvalue weighted by Crippen LogP contribution is 2.19. The number of aliphatic hydroxyl groups excluding tert-OH is 1. The van der Waals surface area contributed by atoms with Crippen LogP contribution < -0.4 is 5.73 Å². The summed E-state index contributed by atoms with van der Waals surface area (Å²) in [5.74, 6) is 0.0776. The van der Waals surface area contributed by atoms with Gasteiger partial charge in [0.1, 0.15) is 0 Å². The number of nitrogens with two attached hydrogens (primary N) is 1. The van der Waals surface area contributed by atoms with Crippen molar-refractivity contribution in [2.75, 3.05) is 19.7 Å². The van der Waals surface area contributed by atoms with E-state index in [1.807, 2.05) is 19.1 Å². The van der Waals surface area contributed by atoms with Gasteiger partial charge in [0.05, 0.1) is 5.92 Å². The van der Waals surface area contributed by atoms with Gasteiger partial charge < -0.3 is 15.7 Å². The maximum atomic E-state index is 12.0. The van der Waals surface area contributed by atoms with Crippen molar-refractivity contribution in [2.24, 2.45) is 11.7 Å². The van der Waals surface area contributed by atoms with Gasteiger partial charge in [-0.05, 0) is 19.8 Å². The number of amides is 1. The van der Waals surface area contributed by atoms with Gasteiger partial charge in [-0.15, -0.1) is 0 Å². The second-order valence-electron chi connectivity index (χ2n) is 3.89. The number of carbonyl (C=O) groups excluding carboxylic acids is 1. The lowest BCUT2D eigenvalue weighted by molar-refractivity contribution is -0.134. The first-order valence-electron chi connectivity index (χ1n) is 5.52. The van der Waals surface area contributed by atoms with Crippen molar-refractivity contribution in [1.82, 2.24) is 4.90 Å². The van der Waals surface area contributed by atoms with E-state index in [0.29, 0.717) is 25.9 Å². The van der Waals surface area contributed by atoms with Crippen molar-refractivity contribution in [3.05, 3.63) is 12.2 Å². The average molecular weight is 212 g/mol. The van der Waals surface area contributed by atoms with Crippen LogP contribution in [-0.4, -0.2) is 41.7 Å². The second-order valence-corrected chi connectivity index (χ2v) is 3.89. The fraction of sp³-hybridized carbons (Fsp3) is 0.727. The fourth-order valence-corrected chi connectivity index (χ4v) is 1.83. The fourth-order valence-electron chi connectivity index (χ4n) is 1.83. The molecule has 2 unspecified atom stereocenters. The van der Waals surface area contributed by atoms with E-state index < -0.39 is 0 Å². The minimum atomic E-state index is -0.0568. The molecule has 0 aromatic heterocycles. The van der Waals surface area contributed by atoms with Crippen molar-refractivity contribution in [2.45, 2.75) is 25.8 Å². The molecule has 0 aromatic carbocycles. The van der Waals surface area contributed by atoms with Crippen molar-refractivity contribution >= 4 is 5.91 Å². The van der Waals surface area contributed by atoms with E-state index in [0.717, 1.165) is 0 Å². The first-order valence-corrected chi connectivity index (χ1v) is 5.52. The molecule has 0 aromatic rings. The van der Waals surface area contributed by atoms with Gasteiger partial charge in [-0.1, -0.05) is 12.2 Å². The average Bonchev–Trinajstić information content (AvgIpc) is 2.65. The molecule has 0 radical (unpaired) electrons. The summed E-state index contributed by atoms with van der Waals surface area (Å²) in [5, 5.41) is 8.73. The Morgan fingerprint density at radius 3 is 2.80 bits per heavy atom. The highest BCUT2D eigenvalue weighted by Gasteiger charge is 2.25. The largest absolute Gasteiger partial charge is 0.396 e. The molecule has 4 heteroatoms. The van der Waals surface area contributed by atoms with E-state index in [4.69, 9.17) is 10.8 Å². The van der Waals surface area contributed by atoms with Crippen LogP contribution in [0.2, 0.25) is 0 Å². The molecule has 1 aliphatic carbocycles.